The molecule has 0 aliphatic heterocycles. The summed E-state index contributed by atoms with van der Waals surface area (Å²) >= 11 is 0. The van der Waals surface area contributed by atoms with Crippen LogP contribution in [0.1, 0.15) is 52.1 Å². The fourth-order valence-corrected chi connectivity index (χ4v) is 2.21. The molecule has 17 heavy (non-hydrogen) atoms. The Balaban J connectivity index is 2.78. The lowest BCUT2D eigenvalue weighted by Crippen LogP contribution is -2.36. The number of nitrogens with one attached hydrogen (secondary N) is 1. The van der Waals surface area contributed by atoms with Crippen molar-refractivity contribution in [2.45, 2.75) is 52.6 Å². The van der Waals surface area contributed by atoms with Crippen LogP contribution in [0.5, 0.6) is 0 Å². The van der Waals surface area contributed by atoms with Crippen molar-refractivity contribution >= 4 is 0 Å². The third-order valence-electron chi connectivity index (χ3n) is 3.32. The van der Waals surface area contributed by atoms with Crippen molar-refractivity contribution < 1.29 is 4.39 Å². The Labute approximate surface area is 104 Å². The van der Waals surface area contributed by atoms with Gasteiger partial charge in [0.05, 0.1) is 0 Å². The molecule has 1 aromatic carbocycles. The lowest BCUT2D eigenvalue weighted by Gasteiger charge is -2.27. The third-order valence-corrected chi connectivity index (χ3v) is 3.32. The van der Waals surface area contributed by atoms with Gasteiger partial charge in [0.1, 0.15) is 5.82 Å². The van der Waals surface area contributed by atoms with Crippen molar-refractivity contribution in [3.8, 4) is 0 Å². The molecule has 1 nitrogen and oxygen atoms in total. The summed E-state index contributed by atoms with van der Waals surface area (Å²) in [7, 11) is 0. The van der Waals surface area contributed by atoms with Gasteiger partial charge in [0.25, 0.3) is 0 Å². The predicted molar refractivity (Wildman–Crippen MR) is 71.5 cm³/mol. The third kappa shape index (κ3) is 4.12. The summed E-state index contributed by atoms with van der Waals surface area (Å²) in [6, 6.07) is 7.65. The van der Waals surface area contributed by atoms with Gasteiger partial charge in [-0.1, -0.05) is 39.8 Å². The number of halogens is 1. The van der Waals surface area contributed by atoms with E-state index < -0.39 is 0 Å². The molecule has 0 heterocycles. The molecule has 1 rings (SSSR count). The Kier molecular flexibility index (Phi) is 5.63. The highest BCUT2D eigenvalue weighted by Crippen LogP contribution is 2.20. The van der Waals surface area contributed by atoms with Crippen LogP contribution in [-0.2, 0) is 0 Å². The Morgan fingerprint density at radius 3 is 2.35 bits per heavy atom. The molecule has 0 saturated heterocycles. The van der Waals surface area contributed by atoms with Gasteiger partial charge in [0, 0.05) is 12.1 Å². The van der Waals surface area contributed by atoms with Crippen molar-refractivity contribution in [1.29, 1.82) is 0 Å². The molecule has 96 valence electrons. The van der Waals surface area contributed by atoms with Gasteiger partial charge < -0.3 is 5.32 Å². The normalized spacial score (nSPS) is 14.9. The van der Waals surface area contributed by atoms with E-state index in [9.17, 15) is 4.39 Å². The minimum absolute atomic E-state index is 0.152. The van der Waals surface area contributed by atoms with Gasteiger partial charge in [-0.15, -0.1) is 0 Å². The zero-order chi connectivity index (χ0) is 12.8. The van der Waals surface area contributed by atoms with E-state index in [1.165, 1.54) is 6.07 Å². The lowest BCUT2D eigenvalue weighted by atomic mass is 9.97. The molecule has 2 atom stereocenters. The van der Waals surface area contributed by atoms with Crippen LogP contribution in [0.25, 0.3) is 0 Å². The fourth-order valence-electron chi connectivity index (χ4n) is 2.21. The number of hydrogen-bond donors (Lipinski definition) is 1. The van der Waals surface area contributed by atoms with Crippen LogP contribution in [0.3, 0.4) is 0 Å². The van der Waals surface area contributed by atoms with Crippen molar-refractivity contribution in [2.24, 2.45) is 5.92 Å². The second kappa shape index (κ2) is 6.75. The fraction of sp³-hybridized carbons (Fsp3) is 0.600. The van der Waals surface area contributed by atoms with Crippen LogP contribution < -0.4 is 5.32 Å². The average molecular weight is 237 g/mol. The van der Waals surface area contributed by atoms with Crippen LogP contribution in [-0.4, -0.2) is 6.04 Å². The molecule has 1 N–H and O–H groups in total. The van der Waals surface area contributed by atoms with Gasteiger partial charge >= 0.3 is 0 Å². The van der Waals surface area contributed by atoms with Gasteiger partial charge in [-0.25, -0.2) is 4.39 Å². The highest BCUT2D eigenvalue weighted by Gasteiger charge is 2.17. The SMILES string of the molecule is CCC(NC(CC)C(C)C)c1cccc(F)c1. The number of rotatable bonds is 6. The topological polar surface area (TPSA) is 12.0 Å². The van der Waals surface area contributed by atoms with Crippen molar-refractivity contribution in [3.05, 3.63) is 35.6 Å². The summed E-state index contributed by atoms with van der Waals surface area (Å²) in [5.74, 6) is 0.447. The molecular weight excluding hydrogens is 213 g/mol. The minimum atomic E-state index is -0.152. The predicted octanol–water partition coefficient (Wildman–Crippen LogP) is 4.30. The molecule has 1 aromatic rings. The average Bonchev–Trinajstić information content (AvgIpc) is 2.30. The summed E-state index contributed by atoms with van der Waals surface area (Å²) in [6.07, 6.45) is 2.08. The molecule has 0 fully saturated rings. The highest BCUT2D eigenvalue weighted by atomic mass is 19.1. The molecule has 0 amide bonds. The quantitative estimate of drug-likeness (QED) is 0.777. The monoisotopic (exact) mass is 237 g/mol. The maximum absolute atomic E-state index is 13.2. The van der Waals surface area contributed by atoms with Crippen LogP contribution in [0.4, 0.5) is 4.39 Å². The minimum Gasteiger partial charge on any atom is -0.307 e. The summed E-state index contributed by atoms with van der Waals surface area (Å²) in [6.45, 7) is 8.77. The molecule has 0 aliphatic carbocycles. The van der Waals surface area contributed by atoms with Crippen LogP contribution in [0.15, 0.2) is 24.3 Å². The summed E-state index contributed by atoms with van der Waals surface area (Å²) in [5.41, 5.74) is 1.05. The molecule has 0 saturated carbocycles. The number of benzene rings is 1. The summed E-state index contributed by atoms with van der Waals surface area (Å²) in [4.78, 5) is 0. The van der Waals surface area contributed by atoms with Crippen LogP contribution >= 0.6 is 0 Å². The largest absolute Gasteiger partial charge is 0.307 e. The van der Waals surface area contributed by atoms with Crippen molar-refractivity contribution in [3.63, 3.8) is 0 Å². The van der Waals surface area contributed by atoms with Gasteiger partial charge in [-0.05, 0) is 36.5 Å². The molecule has 0 aliphatic rings. The summed E-state index contributed by atoms with van der Waals surface area (Å²) in [5, 5.41) is 3.63. The second-order valence-electron chi connectivity index (χ2n) is 4.94. The lowest BCUT2D eigenvalue weighted by molar-refractivity contribution is 0.340. The first-order valence-corrected chi connectivity index (χ1v) is 6.60. The molecule has 0 bridgehead atoms. The maximum Gasteiger partial charge on any atom is 0.123 e. The molecule has 2 heteroatoms. The van der Waals surface area contributed by atoms with Crippen molar-refractivity contribution in [2.75, 3.05) is 0 Å². The van der Waals surface area contributed by atoms with E-state index in [0.29, 0.717) is 12.0 Å². The molecule has 0 spiro atoms. The first-order valence-electron chi connectivity index (χ1n) is 6.60. The van der Waals surface area contributed by atoms with Gasteiger partial charge in [-0.3, -0.25) is 0 Å². The second-order valence-corrected chi connectivity index (χ2v) is 4.94. The molecule has 0 radical (unpaired) electrons. The molecule has 0 aromatic heterocycles. The van der Waals surface area contributed by atoms with E-state index in [0.717, 1.165) is 18.4 Å². The first kappa shape index (κ1) is 14.2. The van der Waals surface area contributed by atoms with Gasteiger partial charge in [-0.2, -0.15) is 0 Å². The Hall–Kier alpha value is -0.890. The standard InChI is InChI=1S/C15H24FN/c1-5-14(11(3)4)17-15(6-2)12-8-7-9-13(16)10-12/h7-11,14-15,17H,5-6H2,1-4H3. The maximum atomic E-state index is 13.2. The molecular formula is C15H24FN. The van der Waals surface area contributed by atoms with E-state index in [2.05, 4.69) is 33.0 Å². The van der Waals surface area contributed by atoms with E-state index >= 15 is 0 Å². The van der Waals surface area contributed by atoms with Crippen LogP contribution in [0, 0.1) is 11.7 Å². The number of hydrogen-bond acceptors (Lipinski definition) is 1. The van der Waals surface area contributed by atoms with Gasteiger partial charge in [0.2, 0.25) is 0 Å². The summed E-state index contributed by atoms with van der Waals surface area (Å²) < 4.78 is 13.2. The first-order chi connectivity index (χ1) is 8.08. The molecule has 2 unspecified atom stereocenters. The Bertz CT molecular complexity index is 335. The zero-order valence-electron chi connectivity index (χ0n) is 11.3. The zero-order valence-corrected chi connectivity index (χ0v) is 11.3. The Morgan fingerprint density at radius 1 is 1.18 bits per heavy atom. The van der Waals surface area contributed by atoms with E-state index in [1.807, 2.05) is 6.07 Å². The highest BCUT2D eigenvalue weighted by molar-refractivity contribution is 5.20. The smallest absolute Gasteiger partial charge is 0.123 e. The van der Waals surface area contributed by atoms with E-state index in [4.69, 9.17) is 0 Å². The Morgan fingerprint density at radius 2 is 1.88 bits per heavy atom. The van der Waals surface area contributed by atoms with E-state index in [-0.39, 0.29) is 11.9 Å². The van der Waals surface area contributed by atoms with Crippen LogP contribution in [0.2, 0.25) is 0 Å². The van der Waals surface area contributed by atoms with Crippen molar-refractivity contribution in [1.82, 2.24) is 5.32 Å². The van der Waals surface area contributed by atoms with Gasteiger partial charge in [0.15, 0.2) is 0 Å². The van der Waals surface area contributed by atoms with E-state index in [1.54, 1.807) is 12.1 Å².